The number of guanidine groups is 1. The molecule has 0 aromatic heterocycles. The number of morpholine rings is 1. The summed E-state index contributed by atoms with van der Waals surface area (Å²) in [4.78, 5) is 7.28. The van der Waals surface area contributed by atoms with Crippen LogP contribution in [0.3, 0.4) is 0 Å². The summed E-state index contributed by atoms with van der Waals surface area (Å²) in [6, 6.07) is 0.495. The number of hydrogen-bond donors (Lipinski definition) is 2. The van der Waals surface area contributed by atoms with Crippen molar-refractivity contribution in [1.29, 1.82) is 0 Å². The Balaban J connectivity index is 1.90. The van der Waals surface area contributed by atoms with Crippen LogP contribution in [0.25, 0.3) is 0 Å². The van der Waals surface area contributed by atoms with Gasteiger partial charge in [-0.3, -0.25) is 9.89 Å². The molecule has 0 unspecified atom stereocenters. The molecule has 0 aromatic rings. The SMILES string of the molecule is CCNC(=NCC(C)(C)N1CCOCC1)NC1CC=CC1. The maximum Gasteiger partial charge on any atom is 0.191 e. The first-order chi connectivity index (χ1) is 10.1. The lowest BCUT2D eigenvalue weighted by Gasteiger charge is -2.40. The maximum atomic E-state index is 5.44. The molecule has 0 atom stereocenters. The molecule has 2 rings (SSSR count). The van der Waals surface area contributed by atoms with Crippen molar-refractivity contribution in [3.63, 3.8) is 0 Å². The molecule has 120 valence electrons. The largest absolute Gasteiger partial charge is 0.379 e. The van der Waals surface area contributed by atoms with E-state index in [1.54, 1.807) is 0 Å². The van der Waals surface area contributed by atoms with Crippen LogP contribution >= 0.6 is 0 Å². The van der Waals surface area contributed by atoms with Crippen LogP contribution in [0.2, 0.25) is 0 Å². The lowest BCUT2D eigenvalue weighted by Crippen LogP contribution is -2.52. The van der Waals surface area contributed by atoms with E-state index in [2.05, 4.69) is 48.5 Å². The van der Waals surface area contributed by atoms with Gasteiger partial charge in [0, 0.05) is 31.2 Å². The van der Waals surface area contributed by atoms with Crippen molar-refractivity contribution in [3.8, 4) is 0 Å². The fourth-order valence-corrected chi connectivity index (χ4v) is 2.79. The Hall–Kier alpha value is -1.07. The molecule has 1 saturated heterocycles. The topological polar surface area (TPSA) is 48.9 Å². The fourth-order valence-electron chi connectivity index (χ4n) is 2.79. The van der Waals surface area contributed by atoms with Crippen molar-refractivity contribution in [2.45, 2.75) is 45.2 Å². The van der Waals surface area contributed by atoms with Gasteiger partial charge >= 0.3 is 0 Å². The summed E-state index contributed by atoms with van der Waals surface area (Å²) in [5, 5.41) is 6.88. The smallest absolute Gasteiger partial charge is 0.191 e. The zero-order valence-electron chi connectivity index (χ0n) is 13.7. The van der Waals surface area contributed by atoms with E-state index >= 15 is 0 Å². The Morgan fingerprint density at radius 2 is 1.95 bits per heavy atom. The summed E-state index contributed by atoms with van der Waals surface area (Å²) in [6.07, 6.45) is 6.66. The number of ether oxygens (including phenoxy) is 1. The van der Waals surface area contributed by atoms with Crippen molar-refractivity contribution in [3.05, 3.63) is 12.2 Å². The van der Waals surface area contributed by atoms with E-state index < -0.39 is 0 Å². The molecule has 1 aliphatic heterocycles. The first-order valence-corrected chi connectivity index (χ1v) is 8.14. The highest BCUT2D eigenvalue weighted by atomic mass is 16.5. The highest BCUT2D eigenvalue weighted by molar-refractivity contribution is 5.80. The molecule has 0 spiro atoms. The second kappa shape index (κ2) is 7.80. The average Bonchev–Trinajstić information content (AvgIpc) is 2.99. The zero-order chi connectivity index (χ0) is 15.1. The molecule has 5 heteroatoms. The Morgan fingerprint density at radius 1 is 1.29 bits per heavy atom. The molecule has 1 aliphatic carbocycles. The normalized spacial score (nSPS) is 21.8. The molecule has 2 N–H and O–H groups in total. The minimum Gasteiger partial charge on any atom is -0.379 e. The van der Waals surface area contributed by atoms with Crippen LogP contribution < -0.4 is 10.6 Å². The first kappa shape index (κ1) is 16.3. The van der Waals surface area contributed by atoms with Gasteiger partial charge in [-0.15, -0.1) is 0 Å². The van der Waals surface area contributed by atoms with Crippen LogP contribution in [0.1, 0.15) is 33.6 Å². The van der Waals surface area contributed by atoms with Gasteiger partial charge in [0.05, 0.1) is 19.8 Å². The van der Waals surface area contributed by atoms with Crippen LogP contribution in [0.15, 0.2) is 17.1 Å². The van der Waals surface area contributed by atoms with Gasteiger partial charge < -0.3 is 15.4 Å². The Labute approximate surface area is 128 Å². The highest BCUT2D eigenvalue weighted by Gasteiger charge is 2.28. The summed E-state index contributed by atoms with van der Waals surface area (Å²) in [6.45, 7) is 12.0. The monoisotopic (exact) mass is 294 g/mol. The lowest BCUT2D eigenvalue weighted by atomic mass is 10.0. The molecule has 1 heterocycles. The number of hydrogen-bond acceptors (Lipinski definition) is 3. The molecule has 2 aliphatic rings. The third kappa shape index (κ3) is 5.00. The minimum atomic E-state index is 0.0695. The van der Waals surface area contributed by atoms with Crippen molar-refractivity contribution in [2.24, 2.45) is 4.99 Å². The van der Waals surface area contributed by atoms with E-state index in [1.807, 2.05) is 0 Å². The Morgan fingerprint density at radius 3 is 2.57 bits per heavy atom. The number of rotatable bonds is 5. The van der Waals surface area contributed by atoms with Crippen molar-refractivity contribution in [1.82, 2.24) is 15.5 Å². The van der Waals surface area contributed by atoms with Gasteiger partial charge in [-0.05, 0) is 33.6 Å². The van der Waals surface area contributed by atoms with Crippen LogP contribution in [0.5, 0.6) is 0 Å². The third-order valence-corrected chi connectivity index (χ3v) is 4.18. The molecular formula is C16H30N4O. The standard InChI is InChI=1S/C16H30N4O/c1-4-17-15(19-14-7-5-6-8-14)18-13-16(2,3)20-9-11-21-12-10-20/h5-6,14H,4,7-13H2,1-3H3,(H2,17,18,19). The van der Waals surface area contributed by atoms with Crippen molar-refractivity contribution < 1.29 is 4.74 Å². The summed E-state index contributed by atoms with van der Waals surface area (Å²) >= 11 is 0. The first-order valence-electron chi connectivity index (χ1n) is 8.14. The van der Waals surface area contributed by atoms with Gasteiger partial charge in [-0.25, -0.2) is 0 Å². The van der Waals surface area contributed by atoms with Crippen LogP contribution in [-0.2, 0) is 4.74 Å². The molecule has 0 aromatic carbocycles. The molecule has 21 heavy (non-hydrogen) atoms. The van der Waals surface area contributed by atoms with Gasteiger partial charge in [-0.1, -0.05) is 12.2 Å². The van der Waals surface area contributed by atoms with E-state index in [0.717, 1.165) is 58.2 Å². The molecule has 0 amide bonds. The molecular weight excluding hydrogens is 264 g/mol. The molecule has 5 nitrogen and oxygen atoms in total. The van der Waals surface area contributed by atoms with Crippen LogP contribution in [0, 0.1) is 0 Å². The molecule has 0 bridgehead atoms. The Kier molecular flexibility index (Phi) is 6.06. The van der Waals surface area contributed by atoms with E-state index in [-0.39, 0.29) is 5.54 Å². The summed E-state index contributed by atoms with van der Waals surface area (Å²) < 4.78 is 5.44. The van der Waals surface area contributed by atoms with Gasteiger partial charge in [0.2, 0.25) is 0 Å². The van der Waals surface area contributed by atoms with Gasteiger partial charge in [0.1, 0.15) is 0 Å². The van der Waals surface area contributed by atoms with Gasteiger partial charge in [0.15, 0.2) is 5.96 Å². The Bertz CT molecular complexity index is 364. The van der Waals surface area contributed by atoms with Crippen LogP contribution in [0.4, 0.5) is 0 Å². The molecule has 0 saturated carbocycles. The van der Waals surface area contributed by atoms with Crippen molar-refractivity contribution >= 4 is 5.96 Å². The summed E-state index contributed by atoms with van der Waals surface area (Å²) in [5.74, 6) is 0.938. The minimum absolute atomic E-state index is 0.0695. The van der Waals surface area contributed by atoms with E-state index in [9.17, 15) is 0 Å². The van der Waals surface area contributed by atoms with E-state index in [4.69, 9.17) is 9.73 Å². The quantitative estimate of drug-likeness (QED) is 0.457. The second-order valence-corrected chi connectivity index (χ2v) is 6.39. The number of nitrogens with one attached hydrogen (secondary N) is 2. The summed E-state index contributed by atoms with van der Waals surface area (Å²) in [7, 11) is 0. The predicted molar refractivity (Wildman–Crippen MR) is 87.7 cm³/mol. The van der Waals surface area contributed by atoms with E-state index in [1.165, 1.54) is 0 Å². The third-order valence-electron chi connectivity index (χ3n) is 4.18. The summed E-state index contributed by atoms with van der Waals surface area (Å²) in [5.41, 5.74) is 0.0695. The lowest BCUT2D eigenvalue weighted by molar-refractivity contribution is -0.00684. The van der Waals surface area contributed by atoms with Crippen molar-refractivity contribution in [2.75, 3.05) is 39.4 Å². The highest BCUT2D eigenvalue weighted by Crippen LogP contribution is 2.16. The number of nitrogens with zero attached hydrogens (tertiary/aromatic N) is 2. The molecule has 0 radical (unpaired) electrons. The predicted octanol–water partition coefficient (Wildman–Crippen LogP) is 1.37. The fraction of sp³-hybridized carbons (Fsp3) is 0.812. The average molecular weight is 294 g/mol. The molecule has 1 fully saturated rings. The van der Waals surface area contributed by atoms with Gasteiger partial charge in [0.25, 0.3) is 0 Å². The maximum absolute atomic E-state index is 5.44. The second-order valence-electron chi connectivity index (χ2n) is 6.39. The zero-order valence-corrected chi connectivity index (χ0v) is 13.7. The van der Waals surface area contributed by atoms with Gasteiger partial charge in [-0.2, -0.15) is 0 Å². The van der Waals surface area contributed by atoms with Crippen LogP contribution in [-0.4, -0.2) is 61.8 Å². The van der Waals surface area contributed by atoms with E-state index in [0.29, 0.717) is 6.04 Å². The number of aliphatic imine (C=N–C) groups is 1.